The largest absolute Gasteiger partial charge is 0.495 e. The van der Waals surface area contributed by atoms with Crippen molar-refractivity contribution in [1.29, 1.82) is 0 Å². The summed E-state index contributed by atoms with van der Waals surface area (Å²) >= 11 is 7.47. The number of nitrogens with one attached hydrogen (secondary N) is 2. The van der Waals surface area contributed by atoms with Gasteiger partial charge in [-0.3, -0.25) is 4.79 Å². The number of halogens is 1. The number of amides is 1. The summed E-state index contributed by atoms with van der Waals surface area (Å²) in [5.41, 5.74) is 1.44. The Hall–Kier alpha value is -1.74. The van der Waals surface area contributed by atoms with Gasteiger partial charge in [-0.05, 0) is 35.9 Å². The van der Waals surface area contributed by atoms with Gasteiger partial charge in [0.1, 0.15) is 5.75 Å². The second-order valence-corrected chi connectivity index (χ2v) is 8.93. The number of thioether (sulfide) groups is 1. The van der Waals surface area contributed by atoms with Crippen molar-refractivity contribution in [1.82, 2.24) is 4.72 Å². The molecule has 6 nitrogen and oxygen atoms in total. The third-order valence-electron chi connectivity index (χ3n) is 3.51. The van der Waals surface area contributed by atoms with Gasteiger partial charge in [0.2, 0.25) is 15.9 Å². The smallest absolute Gasteiger partial charge is 0.240 e. The van der Waals surface area contributed by atoms with Gasteiger partial charge in [0.25, 0.3) is 0 Å². The van der Waals surface area contributed by atoms with Crippen LogP contribution in [-0.2, 0) is 20.6 Å². The first-order valence-electron chi connectivity index (χ1n) is 8.09. The Balaban J connectivity index is 1.91. The molecule has 0 saturated heterocycles. The van der Waals surface area contributed by atoms with E-state index in [1.165, 1.54) is 32.2 Å². The molecule has 146 valence electrons. The van der Waals surface area contributed by atoms with Crippen LogP contribution in [0.5, 0.6) is 5.75 Å². The highest BCUT2D eigenvalue weighted by molar-refractivity contribution is 7.98. The van der Waals surface area contributed by atoms with E-state index in [0.717, 1.165) is 11.3 Å². The van der Waals surface area contributed by atoms with Gasteiger partial charge in [-0.1, -0.05) is 23.7 Å². The van der Waals surface area contributed by atoms with E-state index in [1.807, 2.05) is 24.3 Å². The van der Waals surface area contributed by atoms with Crippen molar-refractivity contribution < 1.29 is 17.9 Å². The average Bonchev–Trinajstić information content (AvgIpc) is 2.62. The van der Waals surface area contributed by atoms with Crippen molar-refractivity contribution in [2.75, 3.05) is 24.7 Å². The van der Waals surface area contributed by atoms with Crippen LogP contribution in [0.25, 0.3) is 0 Å². The lowest BCUT2D eigenvalue weighted by molar-refractivity contribution is -0.114. The molecule has 2 N–H and O–H groups in total. The molecular weight excluding hydrogens is 408 g/mol. The highest BCUT2D eigenvalue weighted by atomic mass is 35.5. The summed E-state index contributed by atoms with van der Waals surface area (Å²) < 4.78 is 32.6. The highest BCUT2D eigenvalue weighted by Crippen LogP contribution is 2.27. The molecule has 0 heterocycles. The standard InChI is InChI=1S/C18H21ClN2O4S2/c1-13(22)21-17-11-16(7-8-18(17)25-2)27(23,24)20-9-10-26-12-14-3-5-15(19)6-4-14/h3-8,11,20H,9-10,12H2,1-2H3,(H,21,22). The first-order chi connectivity index (χ1) is 12.8. The first kappa shape index (κ1) is 21.6. The van der Waals surface area contributed by atoms with Crippen molar-refractivity contribution in [2.45, 2.75) is 17.6 Å². The zero-order chi connectivity index (χ0) is 19.9. The predicted octanol–water partition coefficient (Wildman–Crippen LogP) is 3.52. The molecule has 2 rings (SSSR count). The molecule has 0 aliphatic heterocycles. The Morgan fingerprint density at radius 2 is 1.89 bits per heavy atom. The third kappa shape index (κ3) is 6.73. The Bertz CT molecular complexity index is 887. The van der Waals surface area contributed by atoms with E-state index in [9.17, 15) is 13.2 Å². The fraction of sp³-hybridized carbons (Fsp3) is 0.278. The molecule has 0 aliphatic carbocycles. The maximum atomic E-state index is 12.5. The van der Waals surface area contributed by atoms with Crippen LogP contribution in [0.4, 0.5) is 5.69 Å². The van der Waals surface area contributed by atoms with Crippen molar-refractivity contribution in [3.05, 3.63) is 53.1 Å². The van der Waals surface area contributed by atoms with Gasteiger partial charge < -0.3 is 10.1 Å². The number of benzene rings is 2. The van der Waals surface area contributed by atoms with Crippen LogP contribution in [0.2, 0.25) is 5.02 Å². The quantitative estimate of drug-likeness (QED) is 0.597. The monoisotopic (exact) mass is 428 g/mol. The molecule has 1 amide bonds. The maximum absolute atomic E-state index is 12.5. The summed E-state index contributed by atoms with van der Waals surface area (Å²) in [5.74, 6) is 1.47. The molecule has 0 atom stereocenters. The summed E-state index contributed by atoms with van der Waals surface area (Å²) in [5, 5.41) is 3.26. The van der Waals surface area contributed by atoms with Gasteiger partial charge in [0.05, 0.1) is 17.7 Å². The average molecular weight is 429 g/mol. The lowest BCUT2D eigenvalue weighted by atomic mass is 10.2. The first-order valence-corrected chi connectivity index (χ1v) is 11.1. The summed E-state index contributed by atoms with van der Waals surface area (Å²) in [6, 6.07) is 11.9. The minimum atomic E-state index is -3.68. The number of ether oxygens (including phenoxy) is 1. The molecule has 0 radical (unpaired) electrons. The topological polar surface area (TPSA) is 84.5 Å². The van der Waals surface area contributed by atoms with Gasteiger partial charge in [-0.15, -0.1) is 0 Å². The minimum Gasteiger partial charge on any atom is -0.495 e. The van der Waals surface area contributed by atoms with Crippen LogP contribution in [0, 0.1) is 0 Å². The Labute approximate surface area is 168 Å². The Morgan fingerprint density at radius 3 is 2.52 bits per heavy atom. The fourth-order valence-corrected chi connectivity index (χ4v) is 4.38. The van der Waals surface area contributed by atoms with Crippen LogP contribution in [0.1, 0.15) is 12.5 Å². The molecule has 0 aliphatic rings. The summed E-state index contributed by atoms with van der Waals surface area (Å²) in [4.78, 5) is 11.3. The van der Waals surface area contributed by atoms with Crippen LogP contribution >= 0.6 is 23.4 Å². The van der Waals surface area contributed by atoms with Crippen molar-refractivity contribution in [3.63, 3.8) is 0 Å². The molecule has 0 spiro atoms. The number of hydrogen-bond acceptors (Lipinski definition) is 5. The zero-order valence-electron chi connectivity index (χ0n) is 15.0. The Kier molecular flexibility index (Phi) is 7.97. The number of anilines is 1. The molecule has 0 unspecified atom stereocenters. The minimum absolute atomic E-state index is 0.0646. The van der Waals surface area contributed by atoms with Crippen LogP contribution < -0.4 is 14.8 Å². The van der Waals surface area contributed by atoms with Gasteiger partial charge >= 0.3 is 0 Å². The van der Waals surface area contributed by atoms with Crippen LogP contribution in [-0.4, -0.2) is 33.7 Å². The zero-order valence-corrected chi connectivity index (χ0v) is 17.4. The lowest BCUT2D eigenvalue weighted by Gasteiger charge is -2.12. The normalized spacial score (nSPS) is 11.2. The molecule has 2 aromatic rings. The van der Waals surface area contributed by atoms with Crippen LogP contribution in [0.3, 0.4) is 0 Å². The molecule has 0 bridgehead atoms. The molecular formula is C18H21ClN2O4S2. The predicted molar refractivity (Wildman–Crippen MR) is 110 cm³/mol. The Morgan fingerprint density at radius 1 is 1.19 bits per heavy atom. The summed E-state index contributed by atoms with van der Waals surface area (Å²) in [6.07, 6.45) is 0. The second kappa shape index (κ2) is 9.98. The van der Waals surface area contributed by atoms with Gasteiger partial charge in [-0.2, -0.15) is 11.8 Å². The van der Waals surface area contributed by atoms with E-state index < -0.39 is 10.0 Å². The molecule has 0 aromatic heterocycles. The second-order valence-electron chi connectivity index (χ2n) is 5.62. The molecule has 0 saturated carbocycles. The number of sulfonamides is 1. The van der Waals surface area contributed by atoms with E-state index in [0.29, 0.717) is 28.8 Å². The third-order valence-corrected chi connectivity index (χ3v) is 6.25. The number of methoxy groups -OCH3 is 1. The van der Waals surface area contributed by atoms with Gasteiger partial charge in [0, 0.05) is 30.0 Å². The number of rotatable bonds is 9. The summed E-state index contributed by atoms with van der Waals surface area (Å²) in [7, 11) is -2.23. The fourth-order valence-electron chi connectivity index (χ4n) is 2.24. The number of carbonyl (C=O) groups excluding carboxylic acids is 1. The number of carbonyl (C=O) groups is 1. The molecule has 27 heavy (non-hydrogen) atoms. The highest BCUT2D eigenvalue weighted by Gasteiger charge is 2.16. The van der Waals surface area contributed by atoms with Crippen molar-refractivity contribution in [2.24, 2.45) is 0 Å². The van der Waals surface area contributed by atoms with Gasteiger partial charge in [0.15, 0.2) is 0 Å². The van der Waals surface area contributed by atoms with E-state index in [2.05, 4.69) is 10.0 Å². The van der Waals surface area contributed by atoms with Crippen LogP contribution in [0.15, 0.2) is 47.4 Å². The molecule has 0 fully saturated rings. The molecule has 9 heteroatoms. The van der Waals surface area contributed by atoms with Gasteiger partial charge in [-0.25, -0.2) is 13.1 Å². The van der Waals surface area contributed by atoms with E-state index in [1.54, 1.807) is 11.8 Å². The van der Waals surface area contributed by atoms with E-state index in [-0.39, 0.29) is 10.8 Å². The maximum Gasteiger partial charge on any atom is 0.240 e. The van der Waals surface area contributed by atoms with E-state index >= 15 is 0 Å². The summed E-state index contributed by atoms with van der Waals surface area (Å²) in [6.45, 7) is 1.64. The van der Waals surface area contributed by atoms with E-state index in [4.69, 9.17) is 16.3 Å². The SMILES string of the molecule is COc1ccc(S(=O)(=O)NCCSCc2ccc(Cl)cc2)cc1NC(C)=O. The molecule has 2 aromatic carbocycles. The van der Waals surface area contributed by atoms with Crippen molar-refractivity contribution in [3.8, 4) is 5.75 Å². The lowest BCUT2D eigenvalue weighted by Crippen LogP contribution is -2.26. The van der Waals surface area contributed by atoms with Crippen molar-refractivity contribution >= 4 is 45.0 Å². The number of hydrogen-bond donors (Lipinski definition) is 2.